The van der Waals surface area contributed by atoms with Crippen molar-refractivity contribution in [3.8, 4) is 0 Å². The molecule has 1 aliphatic rings. The van der Waals surface area contributed by atoms with E-state index in [0.717, 1.165) is 5.56 Å². The molecule has 0 saturated heterocycles. The molecule has 0 spiro atoms. The van der Waals surface area contributed by atoms with E-state index in [-0.39, 0.29) is 57.0 Å². The van der Waals surface area contributed by atoms with Crippen molar-refractivity contribution in [2.24, 2.45) is 0 Å². The van der Waals surface area contributed by atoms with Crippen molar-refractivity contribution < 1.29 is 20.1 Å². The first-order valence-corrected chi connectivity index (χ1v) is 5.18. The fourth-order valence-electron chi connectivity index (χ4n) is 1.81. The van der Waals surface area contributed by atoms with Gasteiger partial charge in [-0.05, 0) is 17.2 Å². The fraction of sp³-hybridized carbons (Fsp3) is 0.154. The second kappa shape index (κ2) is 6.77. The number of benzene rings is 1. The Kier molecular flexibility index (Phi) is 5.93. The number of aliphatic hydroxyl groups is 2. The topological polar surface area (TPSA) is 77.8 Å². The number of aliphatic carboxylic acids is 1. The van der Waals surface area contributed by atoms with Crippen LogP contribution in [0.25, 0.3) is 5.57 Å². The summed E-state index contributed by atoms with van der Waals surface area (Å²) < 4.78 is 0. The van der Waals surface area contributed by atoms with Crippen molar-refractivity contribution in [2.45, 2.75) is 12.2 Å². The van der Waals surface area contributed by atoms with Gasteiger partial charge in [0.2, 0.25) is 0 Å². The number of allylic oxidation sites excluding steroid dienone is 2. The Morgan fingerprint density at radius 2 is 1.61 bits per heavy atom. The Morgan fingerprint density at radius 1 is 1.00 bits per heavy atom. The van der Waals surface area contributed by atoms with Crippen molar-refractivity contribution in [2.75, 3.05) is 0 Å². The van der Waals surface area contributed by atoms with Crippen molar-refractivity contribution in [1.29, 1.82) is 0 Å². The third-order valence-corrected chi connectivity index (χ3v) is 2.73. The zero-order chi connectivity index (χ0) is 12.4. The molecule has 0 fully saturated rings. The number of carboxylic acids is 1. The normalized spacial score (nSPS) is 22.6. The van der Waals surface area contributed by atoms with Gasteiger partial charge in [-0.2, -0.15) is 0 Å². The van der Waals surface area contributed by atoms with Gasteiger partial charge in [0.25, 0.3) is 0 Å². The molecule has 5 heteroatoms. The monoisotopic (exact) mass is 271 g/mol. The number of carbonyl (C=O) groups is 1. The number of aliphatic hydroxyl groups excluding tert-OH is 2. The third-order valence-electron chi connectivity index (χ3n) is 2.73. The van der Waals surface area contributed by atoms with Gasteiger partial charge in [0, 0.05) is 51.4 Å². The summed E-state index contributed by atoms with van der Waals surface area (Å²) in [6.07, 6.45) is 0.235. The van der Waals surface area contributed by atoms with E-state index in [0.29, 0.717) is 5.57 Å². The Bertz CT molecular complexity index is 493. The minimum Gasteiger partial charge on any atom is -0.478 e. The van der Waals surface area contributed by atoms with E-state index in [4.69, 9.17) is 5.11 Å². The first-order chi connectivity index (χ1) is 8.11. The van der Waals surface area contributed by atoms with E-state index in [1.54, 1.807) is 12.1 Å². The van der Waals surface area contributed by atoms with Gasteiger partial charge in [0.05, 0.1) is 5.57 Å². The summed E-state index contributed by atoms with van der Waals surface area (Å²) >= 11 is 0. The molecular weight excluding hydrogens is 259 g/mol. The van der Waals surface area contributed by atoms with Gasteiger partial charge in [-0.15, -0.1) is 0 Å². The van der Waals surface area contributed by atoms with Gasteiger partial charge < -0.3 is 15.3 Å². The van der Waals surface area contributed by atoms with Gasteiger partial charge in [-0.1, -0.05) is 36.4 Å². The minimum absolute atomic E-state index is 0. The summed E-state index contributed by atoms with van der Waals surface area (Å²) in [6.45, 7) is 0. The van der Waals surface area contributed by atoms with Crippen molar-refractivity contribution in [3.05, 3.63) is 53.6 Å². The second-order valence-corrected chi connectivity index (χ2v) is 3.80. The summed E-state index contributed by atoms with van der Waals surface area (Å²) in [5, 5.41) is 28.4. The summed E-state index contributed by atoms with van der Waals surface area (Å²) in [7, 11) is 0. The predicted molar refractivity (Wildman–Crippen MR) is 67.9 cm³/mol. The zero-order valence-electron chi connectivity index (χ0n) is 9.95. The number of rotatable bonds is 2. The summed E-state index contributed by atoms with van der Waals surface area (Å²) in [5.74, 6) is -1.22. The van der Waals surface area contributed by atoms with Crippen LogP contribution in [-0.2, 0) is 4.79 Å². The average molecular weight is 271 g/mol. The van der Waals surface area contributed by atoms with Crippen molar-refractivity contribution in [1.82, 2.24) is 0 Å². The van der Waals surface area contributed by atoms with Crippen LogP contribution in [0.4, 0.5) is 0 Å². The molecule has 0 aliphatic heterocycles. The SMILES string of the molecule is O=C(O)C1=CC=C(c2ccccc2)[C@H](O)[C@@H]1O.[K]. The molecule has 0 aromatic heterocycles. The van der Waals surface area contributed by atoms with Crippen LogP contribution >= 0.6 is 0 Å². The van der Waals surface area contributed by atoms with Crippen LogP contribution in [0.3, 0.4) is 0 Å². The molecule has 1 aromatic rings. The summed E-state index contributed by atoms with van der Waals surface area (Å²) in [5.41, 5.74) is 1.08. The number of carboxylic acid groups (broad SMARTS) is 1. The summed E-state index contributed by atoms with van der Waals surface area (Å²) in [4.78, 5) is 10.8. The molecule has 2 atom stereocenters. The predicted octanol–water partition coefficient (Wildman–Crippen LogP) is 0.436. The molecule has 0 unspecified atom stereocenters. The molecule has 3 N–H and O–H groups in total. The Hall–Kier alpha value is -0.274. The largest absolute Gasteiger partial charge is 0.478 e. The standard InChI is InChI=1S/C13H12O4.K/c14-11-9(8-4-2-1-3-5-8)6-7-10(12(11)15)13(16)17;/h1-7,11-12,14-15H,(H,16,17);/t11-,12+;/m0./s1. The molecule has 0 saturated carbocycles. The van der Waals surface area contributed by atoms with Crippen LogP contribution in [0, 0.1) is 0 Å². The molecule has 89 valence electrons. The maximum absolute atomic E-state index is 10.8. The Labute approximate surface area is 147 Å². The smallest absolute Gasteiger partial charge is 0.334 e. The first kappa shape index (κ1) is 15.8. The van der Waals surface area contributed by atoms with Crippen LogP contribution in [0.1, 0.15) is 5.56 Å². The Morgan fingerprint density at radius 3 is 2.17 bits per heavy atom. The second-order valence-electron chi connectivity index (χ2n) is 3.80. The number of hydrogen-bond acceptors (Lipinski definition) is 3. The van der Waals surface area contributed by atoms with Crippen LogP contribution in [0.15, 0.2) is 48.1 Å². The van der Waals surface area contributed by atoms with Crippen LogP contribution < -0.4 is 0 Å². The van der Waals surface area contributed by atoms with Crippen molar-refractivity contribution >= 4 is 62.9 Å². The summed E-state index contributed by atoms with van der Waals surface area (Å²) in [6, 6.07) is 9.05. The van der Waals surface area contributed by atoms with E-state index in [1.165, 1.54) is 12.2 Å². The van der Waals surface area contributed by atoms with Gasteiger partial charge in [-0.3, -0.25) is 0 Å². The fourth-order valence-corrected chi connectivity index (χ4v) is 1.81. The molecule has 1 aliphatic carbocycles. The van der Waals surface area contributed by atoms with Gasteiger partial charge in [0.1, 0.15) is 12.2 Å². The van der Waals surface area contributed by atoms with Gasteiger partial charge >= 0.3 is 5.97 Å². The van der Waals surface area contributed by atoms with Gasteiger partial charge in [0.15, 0.2) is 0 Å². The molecule has 2 rings (SSSR count). The molecule has 1 radical (unpaired) electrons. The average Bonchev–Trinajstić information content (AvgIpc) is 2.33. The Balaban J connectivity index is 0.00000162. The molecular formula is C13H12KO4. The molecule has 0 bridgehead atoms. The van der Waals surface area contributed by atoms with Gasteiger partial charge in [-0.25, -0.2) is 4.79 Å². The van der Waals surface area contributed by atoms with Crippen LogP contribution in [-0.4, -0.2) is 84.9 Å². The van der Waals surface area contributed by atoms with E-state index < -0.39 is 18.2 Å². The molecule has 0 heterocycles. The van der Waals surface area contributed by atoms with E-state index in [9.17, 15) is 15.0 Å². The quantitative estimate of drug-likeness (QED) is 0.682. The minimum atomic E-state index is -1.40. The molecule has 0 amide bonds. The molecule has 1 aromatic carbocycles. The maximum Gasteiger partial charge on any atom is 0.334 e. The third kappa shape index (κ3) is 3.18. The van der Waals surface area contributed by atoms with Crippen LogP contribution in [0.2, 0.25) is 0 Å². The maximum atomic E-state index is 10.8. The van der Waals surface area contributed by atoms with E-state index in [2.05, 4.69) is 0 Å². The van der Waals surface area contributed by atoms with E-state index in [1.807, 2.05) is 18.2 Å². The number of hydrogen-bond donors (Lipinski definition) is 3. The molecule has 18 heavy (non-hydrogen) atoms. The first-order valence-electron chi connectivity index (χ1n) is 5.18. The van der Waals surface area contributed by atoms with Crippen LogP contribution in [0.5, 0.6) is 0 Å². The van der Waals surface area contributed by atoms with Crippen molar-refractivity contribution in [3.63, 3.8) is 0 Å². The zero-order valence-corrected chi connectivity index (χ0v) is 13.1. The van der Waals surface area contributed by atoms with E-state index >= 15 is 0 Å². The molecule has 4 nitrogen and oxygen atoms in total.